The molecular weight excluding hydrogens is 514 g/mol. The van der Waals surface area contributed by atoms with Crippen molar-refractivity contribution in [3.8, 4) is 17.2 Å². The van der Waals surface area contributed by atoms with Gasteiger partial charge < -0.3 is 14.8 Å². The molecule has 0 aliphatic carbocycles. The molecule has 9 heteroatoms. The number of halogens is 2. The summed E-state index contributed by atoms with van der Waals surface area (Å²) in [6.07, 6.45) is 3.05. The molecule has 0 aliphatic heterocycles. The first-order valence-electron chi connectivity index (χ1n) is 9.32. The monoisotopic (exact) mass is 527 g/mol. The van der Waals surface area contributed by atoms with Crippen LogP contribution in [0.5, 0.6) is 5.75 Å². The summed E-state index contributed by atoms with van der Waals surface area (Å²) >= 11 is 14.4. The fourth-order valence-electron chi connectivity index (χ4n) is 2.83. The van der Waals surface area contributed by atoms with Crippen LogP contribution in [0.25, 0.3) is 28.6 Å². The van der Waals surface area contributed by atoms with Gasteiger partial charge in [0.05, 0.1) is 4.47 Å². The summed E-state index contributed by atoms with van der Waals surface area (Å²) in [5.74, 6) is 0.191. The number of nitrogens with one attached hydrogen (secondary N) is 2. The summed E-state index contributed by atoms with van der Waals surface area (Å²) in [5.41, 5.74) is 3.42. The molecule has 0 bridgehead atoms. The Kier molecular flexibility index (Phi) is 6.55. The summed E-state index contributed by atoms with van der Waals surface area (Å²) in [4.78, 5) is 16.6. The van der Waals surface area contributed by atoms with E-state index in [0.717, 1.165) is 11.1 Å². The number of phenols is 1. The van der Waals surface area contributed by atoms with E-state index < -0.39 is 0 Å². The van der Waals surface area contributed by atoms with Crippen molar-refractivity contribution in [1.29, 1.82) is 0 Å². The van der Waals surface area contributed by atoms with Crippen molar-refractivity contribution in [3.63, 3.8) is 0 Å². The molecule has 3 N–H and O–H groups in total. The minimum absolute atomic E-state index is 0.134. The van der Waals surface area contributed by atoms with E-state index in [1.165, 1.54) is 6.08 Å². The summed E-state index contributed by atoms with van der Waals surface area (Å²) < 4.78 is 6.34. The quantitative estimate of drug-likeness (QED) is 0.218. The van der Waals surface area contributed by atoms with Gasteiger partial charge in [-0.3, -0.25) is 10.1 Å². The smallest absolute Gasteiger partial charge is 0.250 e. The number of rotatable bonds is 4. The van der Waals surface area contributed by atoms with Gasteiger partial charge in [-0.25, -0.2) is 4.98 Å². The van der Waals surface area contributed by atoms with Crippen LogP contribution in [0.15, 0.2) is 75.6 Å². The number of oxazole rings is 1. The number of fused-ring (bicyclic) bond motifs is 1. The maximum absolute atomic E-state index is 12.1. The molecule has 0 aliphatic rings. The van der Waals surface area contributed by atoms with Crippen LogP contribution in [0.3, 0.4) is 0 Å². The lowest BCUT2D eigenvalue weighted by Gasteiger charge is -2.07. The van der Waals surface area contributed by atoms with Crippen LogP contribution in [-0.4, -0.2) is 21.1 Å². The molecule has 3 aromatic carbocycles. The van der Waals surface area contributed by atoms with E-state index in [0.29, 0.717) is 32.2 Å². The topological polar surface area (TPSA) is 87.4 Å². The number of anilines is 1. The Bertz CT molecular complexity index is 1350. The molecule has 4 aromatic rings. The number of amides is 1. The third-order valence-corrected chi connectivity index (χ3v) is 5.47. The molecule has 0 saturated heterocycles. The van der Waals surface area contributed by atoms with E-state index in [2.05, 4.69) is 31.5 Å². The number of benzene rings is 3. The SMILES string of the molecule is O=C(/C=C/c1ccc(Cl)cc1)NC(=S)Nc1ccc2oc(-c3ccc(O)c(Br)c3)nc2c1. The van der Waals surface area contributed by atoms with Gasteiger partial charge in [-0.05, 0) is 88.3 Å². The normalized spacial score (nSPS) is 11.1. The maximum atomic E-state index is 12.1. The van der Waals surface area contributed by atoms with E-state index in [-0.39, 0.29) is 16.8 Å². The van der Waals surface area contributed by atoms with Gasteiger partial charge >= 0.3 is 0 Å². The molecule has 0 unspecified atom stereocenters. The van der Waals surface area contributed by atoms with E-state index >= 15 is 0 Å². The number of aromatic nitrogens is 1. The van der Waals surface area contributed by atoms with Gasteiger partial charge in [0.15, 0.2) is 10.7 Å². The van der Waals surface area contributed by atoms with E-state index in [1.54, 1.807) is 66.7 Å². The number of thiocarbonyl (C=S) groups is 1. The number of phenolic OH excluding ortho intramolecular Hbond substituents is 1. The van der Waals surface area contributed by atoms with Crippen LogP contribution in [0.2, 0.25) is 5.02 Å². The van der Waals surface area contributed by atoms with Crippen LogP contribution in [-0.2, 0) is 4.79 Å². The first-order valence-corrected chi connectivity index (χ1v) is 10.9. The van der Waals surface area contributed by atoms with E-state index in [9.17, 15) is 9.90 Å². The highest BCUT2D eigenvalue weighted by atomic mass is 79.9. The van der Waals surface area contributed by atoms with Gasteiger partial charge in [-0.1, -0.05) is 23.7 Å². The fraction of sp³-hybridized carbons (Fsp3) is 0. The number of hydrogen-bond acceptors (Lipinski definition) is 5. The second-order valence-corrected chi connectivity index (χ2v) is 8.39. The van der Waals surface area contributed by atoms with Crippen molar-refractivity contribution in [2.45, 2.75) is 0 Å². The Labute approximate surface area is 202 Å². The Balaban J connectivity index is 1.42. The van der Waals surface area contributed by atoms with Crippen molar-refractivity contribution in [3.05, 3.63) is 81.8 Å². The highest BCUT2D eigenvalue weighted by molar-refractivity contribution is 9.10. The molecular formula is C23H15BrClN3O3S. The van der Waals surface area contributed by atoms with Crippen LogP contribution in [0.1, 0.15) is 5.56 Å². The molecule has 0 spiro atoms. The molecule has 160 valence electrons. The Morgan fingerprint density at radius 3 is 2.66 bits per heavy atom. The summed E-state index contributed by atoms with van der Waals surface area (Å²) in [5, 5.41) is 16.0. The van der Waals surface area contributed by atoms with Crippen molar-refractivity contribution in [2.75, 3.05) is 5.32 Å². The largest absolute Gasteiger partial charge is 0.507 e. The van der Waals surface area contributed by atoms with Crippen LogP contribution in [0.4, 0.5) is 5.69 Å². The molecule has 4 rings (SSSR count). The average Bonchev–Trinajstić information content (AvgIpc) is 3.18. The second kappa shape index (κ2) is 9.52. The van der Waals surface area contributed by atoms with Gasteiger partial charge in [0.25, 0.3) is 0 Å². The highest BCUT2D eigenvalue weighted by Crippen LogP contribution is 2.31. The first-order chi connectivity index (χ1) is 15.4. The van der Waals surface area contributed by atoms with Gasteiger partial charge in [-0.2, -0.15) is 0 Å². The molecule has 1 heterocycles. The molecule has 0 atom stereocenters. The summed E-state index contributed by atoms with van der Waals surface area (Å²) in [7, 11) is 0. The Morgan fingerprint density at radius 1 is 1.12 bits per heavy atom. The van der Waals surface area contributed by atoms with Crippen molar-refractivity contribution >= 4 is 73.6 Å². The Hall–Kier alpha value is -3.20. The number of aromatic hydroxyl groups is 1. The molecule has 0 saturated carbocycles. The van der Waals surface area contributed by atoms with Crippen molar-refractivity contribution in [2.24, 2.45) is 0 Å². The lowest BCUT2D eigenvalue weighted by molar-refractivity contribution is -0.115. The molecule has 1 aromatic heterocycles. The van der Waals surface area contributed by atoms with Crippen molar-refractivity contribution < 1.29 is 14.3 Å². The molecule has 0 radical (unpaired) electrons. The lowest BCUT2D eigenvalue weighted by Crippen LogP contribution is -2.32. The molecule has 1 amide bonds. The minimum Gasteiger partial charge on any atom is -0.507 e. The van der Waals surface area contributed by atoms with Crippen molar-refractivity contribution in [1.82, 2.24) is 10.3 Å². The predicted molar refractivity (Wildman–Crippen MR) is 134 cm³/mol. The summed E-state index contributed by atoms with van der Waals surface area (Å²) in [6.45, 7) is 0. The average molecular weight is 529 g/mol. The highest BCUT2D eigenvalue weighted by Gasteiger charge is 2.11. The molecule has 0 fully saturated rings. The van der Waals surface area contributed by atoms with Gasteiger partial charge in [0.2, 0.25) is 11.8 Å². The third-order valence-electron chi connectivity index (χ3n) is 4.37. The zero-order valence-electron chi connectivity index (χ0n) is 16.3. The van der Waals surface area contributed by atoms with Crippen LogP contribution in [0, 0.1) is 0 Å². The minimum atomic E-state index is -0.361. The predicted octanol–water partition coefficient (Wildman–Crippen LogP) is 6.14. The van der Waals surface area contributed by atoms with Gasteiger partial charge in [0.1, 0.15) is 11.3 Å². The first kappa shape index (κ1) is 22.0. The van der Waals surface area contributed by atoms with Crippen LogP contribution < -0.4 is 10.6 Å². The number of hydrogen-bond donors (Lipinski definition) is 3. The zero-order valence-corrected chi connectivity index (χ0v) is 19.5. The standard InChI is InChI=1S/C23H15BrClN3O3S/c24-17-11-14(4-8-19(17)29)22-27-18-12-16(7-9-20(18)31-22)26-23(32)28-21(30)10-3-13-1-5-15(25)6-2-13/h1-12,29H,(H2,26,28,30,32)/b10-3+. The molecule has 32 heavy (non-hydrogen) atoms. The fourth-order valence-corrected chi connectivity index (χ4v) is 3.55. The third kappa shape index (κ3) is 5.34. The number of carbonyl (C=O) groups excluding carboxylic acids is 1. The van der Waals surface area contributed by atoms with E-state index in [1.807, 2.05) is 0 Å². The summed E-state index contributed by atoms with van der Waals surface area (Å²) in [6, 6.07) is 17.4. The second-order valence-electron chi connectivity index (χ2n) is 6.70. The zero-order chi connectivity index (χ0) is 22.7. The van der Waals surface area contributed by atoms with E-state index in [4.69, 9.17) is 28.2 Å². The molecule has 6 nitrogen and oxygen atoms in total. The lowest BCUT2D eigenvalue weighted by atomic mass is 10.2. The van der Waals surface area contributed by atoms with Gasteiger partial charge in [0, 0.05) is 22.3 Å². The number of carbonyl (C=O) groups is 1. The van der Waals surface area contributed by atoms with Gasteiger partial charge in [-0.15, -0.1) is 0 Å². The Morgan fingerprint density at radius 2 is 1.91 bits per heavy atom. The number of nitrogens with zero attached hydrogens (tertiary/aromatic N) is 1. The van der Waals surface area contributed by atoms with Crippen LogP contribution >= 0.6 is 39.7 Å². The maximum Gasteiger partial charge on any atom is 0.250 e.